The molecule has 0 N–H and O–H groups in total. The zero-order chi connectivity index (χ0) is 10.6. The molecule has 84 valence electrons. The first-order chi connectivity index (χ1) is 6.56. The fraction of sp³-hybridized carbons (Fsp3) is 1.00. The zero-order valence-corrected chi connectivity index (χ0v) is 11.5. The third-order valence-electron chi connectivity index (χ3n) is 2.99. The summed E-state index contributed by atoms with van der Waals surface area (Å²) >= 11 is 2.41. The van der Waals surface area contributed by atoms with Gasteiger partial charge in [-0.15, -0.1) is 0 Å². The first-order valence-electron chi connectivity index (χ1n) is 5.41. The molecule has 0 aromatic rings. The summed E-state index contributed by atoms with van der Waals surface area (Å²) in [6.07, 6.45) is 3.50. The van der Waals surface area contributed by atoms with Gasteiger partial charge in [0, 0.05) is 11.0 Å². The molecule has 1 saturated heterocycles. The van der Waals surface area contributed by atoms with Gasteiger partial charge in [-0.05, 0) is 39.0 Å². The van der Waals surface area contributed by atoms with E-state index in [2.05, 4.69) is 43.4 Å². The van der Waals surface area contributed by atoms with E-state index in [1.165, 1.54) is 12.8 Å². The summed E-state index contributed by atoms with van der Waals surface area (Å²) in [6, 6.07) is 0. The van der Waals surface area contributed by atoms with Gasteiger partial charge in [0.05, 0.1) is 5.60 Å². The van der Waals surface area contributed by atoms with Crippen LogP contribution in [0.5, 0.6) is 0 Å². The maximum Gasteiger partial charge on any atom is 0.158 e. The molecule has 0 radical (unpaired) electrons. The normalized spacial score (nSPS) is 26.1. The van der Waals surface area contributed by atoms with Crippen LogP contribution in [0, 0.1) is 5.92 Å². The van der Waals surface area contributed by atoms with E-state index in [1.807, 2.05) is 0 Å². The van der Waals surface area contributed by atoms with Gasteiger partial charge in [0.2, 0.25) is 0 Å². The number of alkyl halides is 1. The summed E-state index contributed by atoms with van der Waals surface area (Å²) in [4.78, 5) is 0. The second kappa shape index (κ2) is 5.66. The van der Waals surface area contributed by atoms with Gasteiger partial charge in [-0.1, -0.05) is 29.5 Å². The molecule has 14 heavy (non-hydrogen) atoms. The van der Waals surface area contributed by atoms with Gasteiger partial charge in [-0.25, -0.2) is 0 Å². The minimum atomic E-state index is -0.0663. The highest BCUT2D eigenvalue weighted by Gasteiger charge is 2.30. The lowest BCUT2D eigenvalue weighted by Crippen LogP contribution is -2.39. The minimum Gasteiger partial charge on any atom is -0.353 e. The lowest BCUT2D eigenvalue weighted by atomic mass is 9.94. The number of rotatable bonds is 4. The maximum atomic E-state index is 6.00. The van der Waals surface area contributed by atoms with Crippen molar-refractivity contribution in [2.45, 2.75) is 51.9 Å². The van der Waals surface area contributed by atoms with Crippen LogP contribution in [0.15, 0.2) is 0 Å². The quantitative estimate of drug-likeness (QED) is 0.585. The van der Waals surface area contributed by atoms with Gasteiger partial charge in [0.1, 0.15) is 0 Å². The molecule has 2 nitrogen and oxygen atoms in total. The summed E-state index contributed by atoms with van der Waals surface area (Å²) in [5.41, 5.74) is -0.0663. The molecule has 1 heterocycles. The summed E-state index contributed by atoms with van der Waals surface area (Å²) in [5.74, 6) is 0.564. The first kappa shape index (κ1) is 12.7. The molecule has 1 unspecified atom stereocenters. The topological polar surface area (TPSA) is 18.5 Å². The van der Waals surface area contributed by atoms with Crippen LogP contribution >= 0.6 is 22.6 Å². The number of halogens is 1. The first-order valence-corrected chi connectivity index (χ1v) is 6.94. The molecule has 1 aliphatic rings. The van der Waals surface area contributed by atoms with Gasteiger partial charge < -0.3 is 9.47 Å². The third kappa shape index (κ3) is 3.66. The van der Waals surface area contributed by atoms with Crippen LogP contribution in [0.3, 0.4) is 0 Å². The predicted octanol–water partition coefficient (Wildman–Crippen LogP) is 3.38. The SMILES string of the molecule is C[C@@H](CI)C(C)(C)OC1CCCCO1. The third-order valence-corrected chi connectivity index (χ3v) is 4.31. The molecular formula is C11H21IO2. The molecule has 0 aromatic heterocycles. The number of ether oxygens (including phenoxy) is 2. The van der Waals surface area contributed by atoms with Crippen LogP contribution in [-0.2, 0) is 9.47 Å². The van der Waals surface area contributed by atoms with Crippen LogP contribution in [0.4, 0.5) is 0 Å². The van der Waals surface area contributed by atoms with Gasteiger partial charge in [-0.3, -0.25) is 0 Å². The lowest BCUT2D eigenvalue weighted by Gasteiger charge is -2.36. The molecule has 2 atom stereocenters. The average molecular weight is 312 g/mol. The van der Waals surface area contributed by atoms with Gasteiger partial charge in [-0.2, -0.15) is 0 Å². The standard InChI is InChI=1S/C11H21IO2/c1-9(8-12)11(2,3)14-10-6-4-5-7-13-10/h9-10H,4-8H2,1-3H3/t9-,10?/m0/s1. The fourth-order valence-corrected chi connectivity index (χ4v) is 2.51. The smallest absolute Gasteiger partial charge is 0.158 e. The van der Waals surface area contributed by atoms with E-state index in [-0.39, 0.29) is 11.9 Å². The van der Waals surface area contributed by atoms with Crippen molar-refractivity contribution in [3.63, 3.8) is 0 Å². The Hall–Kier alpha value is 0.650. The van der Waals surface area contributed by atoms with Crippen LogP contribution in [0.1, 0.15) is 40.0 Å². The van der Waals surface area contributed by atoms with E-state index in [9.17, 15) is 0 Å². The second-order valence-corrected chi connectivity index (χ2v) is 5.45. The molecule has 1 rings (SSSR count). The highest BCUT2D eigenvalue weighted by molar-refractivity contribution is 14.1. The minimum absolute atomic E-state index is 0.0316. The highest BCUT2D eigenvalue weighted by atomic mass is 127. The van der Waals surface area contributed by atoms with Crippen LogP contribution in [0.25, 0.3) is 0 Å². The van der Waals surface area contributed by atoms with Crippen molar-refractivity contribution < 1.29 is 9.47 Å². The Bertz CT molecular complexity index is 165. The summed E-state index contributed by atoms with van der Waals surface area (Å²) in [7, 11) is 0. The maximum absolute atomic E-state index is 6.00. The van der Waals surface area contributed by atoms with E-state index in [4.69, 9.17) is 9.47 Å². The molecule has 0 aliphatic carbocycles. The van der Waals surface area contributed by atoms with Crippen molar-refractivity contribution in [2.75, 3.05) is 11.0 Å². The molecular weight excluding hydrogens is 291 g/mol. The van der Waals surface area contributed by atoms with E-state index >= 15 is 0 Å². The van der Waals surface area contributed by atoms with Crippen molar-refractivity contribution in [1.82, 2.24) is 0 Å². The Labute approximate surface area is 101 Å². The fourth-order valence-electron chi connectivity index (χ4n) is 1.44. The van der Waals surface area contributed by atoms with E-state index in [1.54, 1.807) is 0 Å². The van der Waals surface area contributed by atoms with Gasteiger partial charge in [0.25, 0.3) is 0 Å². The molecule has 0 aromatic carbocycles. The van der Waals surface area contributed by atoms with Gasteiger partial charge in [0.15, 0.2) is 6.29 Å². The Morgan fingerprint density at radius 1 is 1.50 bits per heavy atom. The highest BCUT2D eigenvalue weighted by Crippen LogP contribution is 2.27. The Balaban J connectivity index is 2.40. The monoisotopic (exact) mass is 312 g/mol. The summed E-state index contributed by atoms with van der Waals surface area (Å²) in [5, 5.41) is 0. The van der Waals surface area contributed by atoms with Crippen LogP contribution < -0.4 is 0 Å². The van der Waals surface area contributed by atoms with E-state index in [0.29, 0.717) is 5.92 Å². The van der Waals surface area contributed by atoms with Crippen molar-refractivity contribution in [3.05, 3.63) is 0 Å². The van der Waals surface area contributed by atoms with Crippen molar-refractivity contribution in [1.29, 1.82) is 0 Å². The largest absolute Gasteiger partial charge is 0.353 e. The Kier molecular flexibility index (Phi) is 5.14. The molecule has 3 heteroatoms. The van der Waals surface area contributed by atoms with Crippen molar-refractivity contribution in [2.24, 2.45) is 5.92 Å². The molecule has 0 amide bonds. The number of hydrogen-bond donors (Lipinski definition) is 0. The summed E-state index contributed by atoms with van der Waals surface area (Å²) in [6.45, 7) is 7.41. The average Bonchev–Trinajstić information content (AvgIpc) is 2.17. The van der Waals surface area contributed by atoms with Crippen LogP contribution in [-0.4, -0.2) is 22.9 Å². The van der Waals surface area contributed by atoms with E-state index < -0.39 is 0 Å². The zero-order valence-electron chi connectivity index (χ0n) is 9.38. The lowest BCUT2D eigenvalue weighted by molar-refractivity contribution is -0.225. The Morgan fingerprint density at radius 3 is 2.71 bits per heavy atom. The van der Waals surface area contributed by atoms with Crippen molar-refractivity contribution in [3.8, 4) is 0 Å². The molecule has 0 bridgehead atoms. The summed E-state index contributed by atoms with van der Waals surface area (Å²) < 4.78 is 12.7. The van der Waals surface area contributed by atoms with Crippen molar-refractivity contribution >= 4 is 22.6 Å². The van der Waals surface area contributed by atoms with E-state index in [0.717, 1.165) is 17.5 Å². The Morgan fingerprint density at radius 2 is 2.21 bits per heavy atom. The predicted molar refractivity (Wildman–Crippen MR) is 66.8 cm³/mol. The van der Waals surface area contributed by atoms with Crippen LogP contribution in [0.2, 0.25) is 0 Å². The molecule has 1 aliphatic heterocycles. The molecule has 1 fully saturated rings. The molecule has 0 saturated carbocycles. The van der Waals surface area contributed by atoms with Gasteiger partial charge >= 0.3 is 0 Å². The second-order valence-electron chi connectivity index (χ2n) is 4.57. The number of hydrogen-bond acceptors (Lipinski definition) is 2. The molecule has 0 spiro atoms.